The zero-order chi connectivity index (χ0) is 9.97. The molecule has 0 atom stereocenters. The van der Waals surface area contributed by atoms with Gasteiger partial charge in [-0.15, -0.1) is 11.3 Å². The van der Waals surface area contributed by atoms with E-state index in [2.05, 4.69) is 15.1 Å². The summed E-state index contributed by atoms with van der Waals surface area (Å²) in [7, 11) is 0. The molecule has 0 fully saturated rings. The van der Waals surface area contributed by atoms with Gasteiger partial charge in [-0.1, -0.05) is 11.2 Å². The maximum absolute atomic E-state index is 8.93. The number of aryl methyl sites for hydroxylation is 1. The van der Waals surface area contributed by atoms with E-state index in [9.17, 15) is 0 Å². The lowest BCUT2D eigenvalue weighted by atomic mass is 10.2. The summed E-state index contributed by atoms with van der Waals surface area (Å²) in [5.41, 5.74) is 2.10. The number of H-pyrrole nitrogens is 1. The average Bonchev–Trinajstić information content (AvgIpc) is 2.80. The van der Waals surface area contributed by atoms with Crippen LogP contribution < -0.4 is 0 Å². The minimum absolute atomic E-state index is 0.513. The molecule has 14 heavy (non-hydrogen) atoms. The third-order valence-electron chi connectivity index (χ3n) is 1.91. The molecule has 2 rings (SSSR count). The molecule has 0 aromatic carbocycles. The Bertz CT molecular complexity index is 444. The third-order valence-corrected chi connectivity index (χ3v) is 2.79. The van der Waals surface area contributed by atoms with Gasteiger partial charge in [0.05, 0.1) is 11.2 Å². The van der Waals surface area contributed by atoms with Crippen LogP contribution in [0.15, 0.2) is 29.0 Å². The van der Waals surface area contributed by atoms with Crippen molar-refractivity contribution >= 4 is 17.0 Å². The second-order valence-corrected chi connectivity index (χ2v) is 3.75. The number of oxime groups is 1. The quantitative estimate of drug-likeness (QED) is 0.449. The minimum Gasteiger partial charge on any atom is -0.410 e. The van der Waals surface area contributed by atoms with Crippen molar-refractivity contribution in [2.45, 2.75) is 6.92 Å². The fourth-order valence-corrected chi connectivity index (χ4v) is 1.93. The molecule has 2 heterocycles. The van der Waals surface area contributed by atoms with Crippen molar-refractivity contribution < 1.29 is 5.21 Å². The third kappa shape index (κ3) is 1.42. The van der Waals surface area contributed by atoms with Crippen LogP contribution in [-0.4, -0.2) is 20.9 Å². The highest BCUT2D eigenvalue weighted by Crippen LogP contribution is 2.16. The van der Waals surface area contributed by atoms with Crippen molar-refractivity contribution in [2.75, 3.05) is 0 Å². The number of hydrogen-bond donors (Lipinski definition) is 2. The highest BCUT2D eigenvalue weighted by Gasteiger charge is 2.13. The van der Waals surface area contributed by atoms with Crippen LogP contribution in [0, 0.1) is 6.92 Å². The van der Waals surface area contributed by atoms with Crippen molar-refractivity contribution in [2.24, 2.45) is 5.16 Å². The predicted octanol–water partition coefficient (Wildman–Crippen LogP) is 2.01. The maximum atomic E-state index is 8.93. The van der Waals surface area contributed by atoms with E-state index in [4.69, 9.17) is 5.21 Å². The number of rotatable bonds is 2. The fourth-order valence-electron chi connectivity index (χ4n) is 1.22. The van der Waals surface area contributed by atoms with E-state index in [0.717, 1.165) is 10.6 Å². The van der Waals surface area contributed by atoms with Gasteiger partial charge < -0.3 is 10.2 Å². The molecular weight excluding hydrogens is 198 g/mol. The number of aromatic nitrogens is 2. The normalized spacial score (nSPS) is 11.9. The zero-order valence-corrected chi connectivity index (χ0v) is 8.38. The summed E-state index contributed by atoms with van der Waals surface area (Å²) < 4.78 is 0. The summed E-state index contributed by atoms with van der Waals surface area (Å²) in [4.78, 5) is 7.96. The Morgan fingerprint density at radius 3 is 3.00 bits per heavy atom. The molecule has 0 aliphatic rings. The molecule has 2 aromatic rings. The van der Waals surface area contributed by atoms with Gasteiger partial charge in [0.15, 0.2) is 0 Å². The topological polar surface area (TPSA) is 61.3 Å². The zero-order valence-electron chi connectivity index (χ0n) is 7.56. The van der Waals surface area contributed by atoms with Crippen LogP contribution in [0.2, 0.25) is 0 Å². The molecule has 4 nitrogen and oxygen atoms in total. The second kappa shape index (κ2) is 3.63. The van der Waals surface area contributed by atoms with Gasteiger partial charge in [0.1, 0.15) is 11.4 Å². The number of imidazole rings is 1. The number of nitrogens with zero attached hydrogens (tertiary/aromatic N) is 2. The monoisotopic (exact) mass is 207 g/mol. The fraction of sp³-hybridized carbons (Fsp3) is 0.111. The molecule has 0 amide bonds. The summed E-state index contributed by atoms with van der Waals surface area (Å²) in [6.45, 7) is 1.89. The van der Waals surface area contributed by atoms with Crippen LogP contribution in [0.25, 0.3) is 0 Å². The summed E-state index contributed by atoms with van der Waals surface area (Å²) in [5.74, 6) is 0. The van der Waals surface area contributed by atoms with Crippen molar-refractivity contribution in [3.05, 3.63) is 40.1 Å². The average molecular weight is 207 g/mol. The van der Waals surface area contributed by atoms with Crippen LogP contribution in [0.5, 0.6) is 0 Å². The smallest absolute Gasteiger partial charge is 0.147 e. The first kappa shape index (κ1) is 8.96. The molecule has 0 radical (unpaired) electrons. The van der Waals surface area contributed by atoms with Crippen LogP contribution in [0.4, 0.5) is 0 Å². The lowest BCUT2D eigenvalue weighted by Gasteiger charge is -1.98. The van der Waals surface area contributed by atoms with E-state index in [-0.39, 0.29) is 0 Å². The van der Waals surface area contributed by atoms with E-state index in [1.54, 1.807) is 6.33 Å². The van der Waals surface area contributed by atoms with Gasteiger partial charge in [-0.2, -0.15) is 0 Å². The van der Waals surface area contributed by atoms with Crippen molar-refractivity contribution in [1.82, 2.24) is 9.97 Å². The summed E-state index contributed by atoms with van der Waals surface area (Å²) >= 11 is 1.52. The molecule has 0 aliphatic heterocycles. The van der Waals surface area contributed by atoms with E-state index in [1.165, 1.54) is 11.3 Å². The van der Waals surface area contributed by atoms with Gasteiger partial charge in [0.2, 0.25) is 0 Å². The molecule has 5 heteroatoms. The van der Waals surface area contributed by atoms with E-state index < -0.39 is 0 Å². The van der Waals surface area contributed by atoms with Crippen molar-refractivity contribution in [1.29, 1.82) is 0 Å². The lowest BCUT2D eigenvalue weighted by Crippen LogP contribution is -2.03. The van der Waals surface area contributed by atoms with E-state index in [0.29, 0.717) is 11.4 Å². The predicted molar refractivity (Wildman–Crippen MR) is 55.1 cm³/mol. The summed E-state index contributed by atoms with van der Waals surface area (Å²) in [6, 6.07) is 3.81. The Kier molecular flexibility index (Phi) is 2.32. The number of hydrogen-bond acceptors (Lipinski definition) is 4. The number of thiophene rings is 1. The molecule has 0 spiro atoms. The minimum atomic E-state index is 0.513. The SMILES string of the molecule is Cc1[nH]cnc1/C(=N/O)c1cccs1. The molecule has 72 valence electrons. The summed E-state index contributed by atoms with van der Waals surface area (Å²) in [5, 5.41) is 14.1. The lowest BCUT2D eigenvalue weighted by molar-refractivity contribution is 0.319. The second-order valence-electron chi connectivity index (χ2n) is 2.80. The van der Waals surface area contributed by atoms with Gasteiger partial charge in [-0.25, -0.2) is 4.98 Å². The maximum Gasteiger partial charge on any atom is 0.147 e. The van der Waals surface area contributed by atoms with Gasteiger partial charge in [0, 0.05) is 5.69 Å². The van der Waals surface area contributed by atoms with Gasteiger partial charge >= 0.3 is 0 Å². The van der Waals surface area contributed by atoms with Gasteiger partial charge in [0.25, 0.3) is 0 Å². The van der Waals surface area contributed by atoms with Crippen LogP contribution in [-0.2, 0) is 0 Å². The van der Waals surface area contributed by atoms with Crippen molar-refractivity contribution in [3.8, 4) is 0 Å². The standard InChI is InChI=1S/C9H9N3OS/c1-6-8(11-5-10-6)9(12-13)7-3-2-4-14-7/h2-5,13H,1H3,(H,10,11)/b12-9+. The Labute approximate surface area is 84.9 Å². The molecule has 0 aliphatic carbocycles. The van der Waals surface area contributed by atoms with Crippen molar-refractivity contribution in [3.63, 3.8) is 0 Å². The molecule has 2 N–H and O–H groups in total. The number of aromatic amines is 1. The van der Waals surface area contributed by atoms with Gasteiger partial charge in [-0.3, -0.25) is 0 Å². The molecule has 0 saturated heterocycles. The van der Waals surface area contributed by atoms with E-state index in [1.807, 2.05) is 24.4 Å². The Hall–Kier alpha value is -1.62. The molecule has 0 saturated carbocycles. The largest absolute Gasteiger partial charge is 0.410 e. The molecule has 2 aromatic heterocycles. The first-order valence-corrected chi connectivity index (χ1v) is 4.97. The van der Waals surface area contributed by atoms with Crippen LogP contribution in [0.3, 0.4) is 0 Å². The van der Waals surface area contributed by atoms with E-state index >= 15 is 0 Å². The highest BCUT2D eigenvalue weighted by atomic mass is 32.1. The highest BCUT2D eigenvalue weighted by molar-refractivity contribution is 7.12. The Balaban J connectivity index is 2.47. The van der Waals surface area contributed by atoms with Gasteiger partial charge in [-0.05, 0) is 18.4 Å². The molecule has 0 unspecified atom stereocenters. The Morgan fingerprint density at radius 1 is 1.64 bits per heavy atom. The summed E-state index contributed by atoms with van der Waals surface area (Å²) in [6.07, 6.45) is 1.59. The molecular formula is C9H9N3OS. The Morgan fingerprint density at radius 2 is 2.50 bits per heavy atom. The number of nitrogens with one attached hydrogen (secondary N) is 1. The van der Waals surface area contributed by atoms with Crippen LogP contribution >= 0.6 is 11.3 Å². The van der Waals surface area contributed by atoms with Crippen LogP contribution in [0.1, 0.15) is 16.3 Å². The first-order chi connectivity index (χ1) is 6.83. The first-order valence-electron chi connectivity index (χ1n) is 4.09. The molecule has 0 bridgehead atoms.